The molecule has 5 rings (SSSR count). The summed E-state index contributed by atoms with van der Waals surface area (Å²) in [5.74, 6) is 1.37. The number of carbonyl (C=O) groups is 1. The van der Waals surface area contributed by atoms with Gasteiger partial charge in [0, 0.05) is 44.7 Å². The Labute approximate surface area is 200 Å². The quantitative estimate of drug-likeness (QED) is 0.537. The highest BCUT2D eigenvalue weighted by atomic mass is 32.1. The van der Waals surface area contributed by atoms with Crippen LogP contribution in [0.2, 0.25) is 0 Å². The number of hydrogen-bond acceptors (Lipinski definition) is 6. The molecule has 0 radical (unpaired) electrons. The van der Waals surface area contributed by atoms with Crippen molar-refractivity contribution in [3.63, 3.8) is 0 Å². The van der Waals surface area contributed by atoms with Crippen molar-refractivity contribution in [2.24, 2.45) is 0 Å². The van der Waals surface area contributed by atoms with Crippen molar-refractivity contribution >= 4 is 33.3 Å². The lowest BCUT2D eigenvalue weighted by molar-refractivity contribution is -0.132. The lowest BCUT2D eigenvalue weighted by atomic mass is 10.0. The van der Waals surface area contributed by atoms with Crippen molar-refractivity contribution in [3.8, 4) is 0 Å². The molecule has 2 aliphatic heterocycles. The Bertz CT molecular complexity index is 1120. The third-order valence-corrected chi connectivity index (χ3v) is 7.58. The smallest absolute Gasteiger partial charge is 0.237 e. The number of likely N-dealkylation sites (N-methyl/N-ethyl adjacent to an activating group) is 1. The zero-order valence-electron chi connectivity index (χ0n) is 19.7. The topological polar surface area (TPSA) is 42.9 Å². The van der Waals surface area contributed by atoms with Gasteiger partial charge in [0.15, 0.2) is 0 Å². The lowest BCUT2D eigenvalue weighted by Gasteiger charge is -2.35. The van der Waals surface area contributed by atoms with Crippen LogP contribution < -0.4 is 4.90 Å². The van der Waals surface area contributed by atoms with Gasteiger partial charge in [-0.3, -0.25) is 9.69 Å². The molecule has 33 heavy (non-hydrogen) atoms. The van der Waals surface area contributed by atoms with E-state index in [-0.39, 0.29) is 5.91 Å². The van der Waals surface area contributed by atoms with Gasteiger partial charge in [-0.2, -0.15) is 4.37 Å². The highest BCUT2D eigenvalue weighted by Crippen LogP contribution is 2.30. The molecule has 0 unspecified atom stereocenters. The van der Waals surface area contributed by atoms with Crippen molar-refractivity contribution in [1.82, 2.24) is 19.1 Å². The average Bonchev–Trinajstić information content (AvgIpc) is 3.43. The van der Waals surface area contributed by atoms with Crippen LogP contribution in [0.4, 0.5) is 5.82 Å². The summed E-state index contributed by atoms with van der Waals surface area (Å²) in [6.45, 7) is 7.40. The fraction of sp³-hybridized carbons (Fsp3) is 0.462. The maximum atomic E-state index is 12.4. The lowest BCUT2D eigenvalue weighted by Crippen LogP contribution is -2.46. The number of amides is 1. The highest BCUT2D eigenvalue weighted by Gasteiger charge is 2.24. The molecule has 1 amide bonds. The van der Waals surface area contributed by atoms with E-state index in [1.54, 1.807) is 11.5 Å². The van der Waals surface area contributed by atoms with Crippen LogP contribution in [-0.4, -0.2) is 78.3 Å². The summed E-state index contributed by atoms with van der Waals surface area (Å²) < 4.78 is 6.00. The molecule has 1 saturated heterocycles. The van der Waals surface area contributed by atoms with Crippen molar-refractivity contribution in [3.05, 3.63) is 59.2 Å². The first-order valence-electron chi connectivity index (χ1n) is 11.9. The molecule has 6 nitrogen and oxygen atoms in total. The van der Waals surface area contributed by atoms with Crippen LogP contribution in [0.3, 0.4) is 0 Å². The van der Waals surface area contributed by atoms with E-state index >= 15 is 0 Å². The van der Waals surface area contributed by atoms with E-state index in [9.17, 15) is 4.79 Å². The van der Waals surface area contributed by atoms with Crippen molar-refractivity contribution in [2.75, 3.05) is 58.3 Å². The summed E-state index contributed by atoms with van der Waals surface area (Å²) >= 11 is 1.60. The number of aryl methyl sites for hydroxylation is 1. The van der Waals surface area contributed by atoms with Gasteiger partial charge in [0.2, 0.25) is 5.91 Å². The van der Waals surface area contributed by atoms with Crippen LogP contribution in [-0.2, 0) is 24.3 Å². The third kappa shape index (κ3) is 5.05. The molecule has 174 valence electrons. The number of hydrogen-bond donors (Lipinski definition) is 0. The first kappa shape index (κ1) is 22.3. The summed E-state index contributed by atoms with van der Waals surface area (Å²) in [7, 11) is 3.89. The van der Waals surface area contributed by atoms with Gasteiger partial charge in [-0.25, -0.2) is 0 Å². The van der Waals surface area contributed by atoms with Crippen molar-refractivity contribution < 1.29 is 4.79 Å². The van der Waals surface area contributed by atoms with E-state index < -0.39 is 0 Å². The summed E-state index contributed by atoms with van der Waals surface area (Å²) in [6, 6.07) is 15.3. The minimum Gasteiger partial charge on any atom is -0.353 e. The van der Waals surface area contributed by atoms with Gasteiger partial charge in [0.1, 0.15) is 5.82 Å². The molecule has 3 aromatic rings. The molecule has 2 aromatic carbocycles. The fourth-order valence-corrected chi connectivity index (χ4v) is 5.74. The van der Waals surface area contributed by atoms with Crippen LogP contribution in [0.25, 0.3) is 10.1 Å². The Morgan fingerprint density at radius 2 is 1.82 bits per heavy atom. The van der Waals surface area contributed by atoms with E-state index in [0.717, 1.165) is 58.1 Å². The zero-order chi connectivity index (χ0) is 22.8. The number of carbonyl (C=O) groups excluding carboxylic acids is 1. The standard InChI is InChI=1S/C26H33N5OS/c1-28(2)19-25(32)31-17-21-10-9-20(16-22(21)18-31)6-5-11-29-12-14-30(15-13-29)26-23-7-3-4-8-24(23)33-27-26/h3-4,7-10,16H,5-6,11-15,17-19H2,1-2H3. The number of fused-ring (bicyclic) bond motifs is 2. The molecular weight excluding hydrogens is 430 g/mol. The number of rotatable bonds is 7. The SMILES string of the molecule is CN(C)CC(=O)N1Cc2ccc(CCCN3CCN(c4nsc5ccccc45)CC3)cc2C1. The fourth-order valence-electron chi connectivity index (χ4n) is 4.94. The molecule has 0 N–H and O–H groups in total. The van der Waals surface area contributed by atoms with Crippen LogP contribution in [0.15, 0.2) is 42.5 Å². The third-order valence-electron chi connectivity index (χ3n) is 6.77. The van der Waals surface area contributed by atoms with Crippen LogP contribution in [0, 0.1) is 0 Å². The van der Waals surface area contributed by atoms with Gasteiger partial charge in [-0.15, -0.1) is 0 Å². The molecule has 0 spiro atoms. The summed E-state index contributed by atoms with van der Waals surface area (Å²) in [5, 5.41) is 1.29. The molecule has 0 atom stereocenters. The van der Waals surface area contributed by atoms with Gasteiger partial charge in [0.05, 0.1) is 11.2 Å². The second-order valence-corrected chi connectivity index (χ2v) is 10.3. The Hall–Kier alpha value is -2.48. The van der Waals surface area contributed by atoms with E-state index in [4.69, 9.17) is 4.37 Å². The van der Waals surface area contributed by atoms with E-state index in [1.807, 2.05) is 23.9 Å². The molecule has 1 fully saturated rings. The second kappa shape index (κ2) is 9.79. The molecule has 1 aromatic heterocycles. The predicted molar refractivity (Wildman–Crippen MR) is 136 cm³/mol. The predicted octanol–water partition coefficient (Wildman–Crippen LogP) is 3.45. The Balaban J connectivity index is 1.09. The van der Waals surface area contributed by atoms with Gasteiger partial charge >= 0.3 is 0 Å². The maximum absolute atomic E-state index is 12.4. The molecule has 0 saturated carbocycles. The highest BCUT2D eigenvalue weighted by molar-refractivity contribution is 7.13. The maximum Gasteiger partial charge on any atom is 0.237 e. The molecule has 0 bridgehead atoms. The molecule has 3 heterocycles. The molecule has 2 aliphatic rings. The number of piperazine rings is 1. The number of benzene rings is 2. The van der Waals surface area contributed by atoms with E-state index in [1.165, 1.54) is 33.2 Å². The van der Waals surface area contributed by atoms with Crippen LogP contribution in [0.5, 0.6) is 0 Å². The second-order valence-electron chi connectivity index (χ2n) is 9.53. The van der Waals surface area contributed by atoms with E-state index in [0.29, 0.717) is 6.54 Å². The van der Waals surface area contributed by atoms with Gasteiger partial charge in [-0.1, -0.05) is 30.3 Å². The Morgan fingerprint density at radius 3 is 2.64 bits per heavy atom. The van der Waals surface area contributed by atoms with Crippen molar-refractivity contribution in [2.45, 2.75) is 25.9 Å². The first-order valence-corrected chi connectivity index (χ1v) is 12.7. The minimum absolute atomic E-state index is 0.211. The zero-order valence-corrected chi connectivity index (χ0v) is 20.5. The van der Waals surface area contributed by atoms with Crippen LogP contribution in [0.1, 0.15) is 23.1 Å². The monoisotopic (exact) mass is 463 g/mol. The van der Waals surface area contributed by atoms with Gasteiger partial charge < -0.3 is 14.7 Å². The molecule has 0 aliphatic carbocycles. The summed E-state index contributed by atoms with van der Waals surface area (Å²) in [4.78, 5) is 21.3. The average molecular weight is 464 g/mol. The summed E-state index contributed by atoms with van der Waals surface area (Å²) in [5.41, 5.74) is 4.02. The van der Waals surface area contributed by atoms with Crippen LogP contribution >= 0.6 is 11.5 Å². The molecular formula is C26H33N5OS. The molecule has 7 heteroatoms. The Morgan fingerprint density at radius 1 is 1.03 bits per heavy atom. The summed E-state index contributed by atoms with van der Waals surface area (Å²) in [6.07, 6.45) is 2.26. The van der Waals surface area contributed by atoms with Gasteiger partial charge in [-0.05, 0) is 73.8 Å². The minimum atomic E-state index is 0.211. The van der Waals surface area contributed by atoms with Gasteiger partial charge in [0.25, 0.3) is 0 Å². The first-order chi connectivity index (χ1) is 16.1. The number of anilines is 1. The number of nitrogens with zero attached hydrogens (tertiary/aromatic N) is 5. The van der Waals surface area contributed by atoms with E-state index in [2.05, 4.69) is 52.3 Å². The Kier molecular flexibility index (Phi) is 6.62. The normalized spacial score (nSPS) is 16.7. The largest absolute Gasteiger partial charge is 0.353 e. The number of aromatic nitrogens is 1. The van der Waals surface area contributed by atoms with Crippen molar-refractivity contribution in [1.29, 1.82) is 0 Å².